The van der Waals surface area contributed by atoms with Gasteiger partial charge in [-0.05, 0) is 12.1 Å². The van der Waals surface area contributed by atoms with E-state index in [-0.39, 0.29) is 5.91 Å². The normalized spacial score (nSPS) is 9.50. The summed E-state index contributed by atoms with van der Waals surface area (Å²) in [6.07, 6.45) is 0.464. The number of para-hydroxylation sites is 1. The first-order valence-corrected chi connectivity index (χ1v) is 4.16. The van der Waals surface area contributed by atoms with E-state index in [2.05, 4.69) is 5.32 Å². The summed E-state index contributed by atoms with van der Waals surface area (Å²) in [4.78, 5) is 11.0. The molecule has 1 N–H and O–H groups in total. The molecule has 1 rings (SSSR count). The number of rotatable bonds is 2. The highest BCUT2D eigenvalue weighted by molar-refractivity contribution is 6.33. The zero-order chi connectivity index (χ0) is 8.97. The molecule has 0 radical (unpaired) electrons. The lowest BCUT2D eigenvalue weighted by Crippen LogP contribution is -2.09. The number of nitrogens with one attached hydrogen (secondary N) is 1. The summed E-state index contributed by atoms with van der Waals surface area (Å²) < 4.78 is 0. The maximum atomic E-state index is 11.0. The Morgan fingerprint density at radius 3 is 2.75 bits per heavy atom. The van der Waals surface area contributed by atoms with Crippen LogP contribution in [0.4, 0.5) is 5.69 Å². The number of hydrogen-bond donors (Lipinski definition) is 1. The molecule has 1 aromatic rings. The first kappa shape index (κ1) is 9.07. The highest BCUT2D eigenvalue weighted by Gasteiger charge is 2.01. The lowest BCUT2D eigenvalue weighted by molar-refractivity contribution is -0.115. The summed E-state index contributed by atoms with van der Waals surface area (Å²) in [5.74, 6) is -0.0249. The Hall–Kier alpha value is -1.02. The van der Waals surface area contributed by atoms with E-state index >= 15 is 0 Å². The van der Waals surface area contributed by atoms with E-state index in [1.807, 2.05) is 12.1 Å². The standard InChI is InChI=1S/C9H10ClNO/c1-2-9(12)11-8-6-4-3-5-7(8)10/h3-6H,2H2,1H3,(H,11,12). The minimum atomic E-state index is -0.0249. The van der Waals surface area contributed by atoms with Gasteiger partial charge in [0.1, 0.15) is 0 Å². The quantitative estimate of drug-likeness (QED) is 0.751. The molecule has 1 amide bonds. The predicted molar refractivity (Wildman–Crippen MR) is 50.4 cm³/mol. The third kappa shape index (κ3) is 2.24. The number of anilines is 1. The highest BCUT2D eigenvalue weighted by Crippen LogP contribution is 2.20. The molecule has 12 heavy (non-hydrogen) atoms. The largest absolute Gasteiger partial charge is 0.325 e. The van der Waals surface area contributed by atoms with Gasteiger partial charge in [0.2, 0.25) is 5.91 Å². The molecule has 0 aromatic heterocycles. The number of amides is 1. The third-order valence-corrected chi connectivity index (χ3v) is 1.80. The molecule has 0 heterocycles. The first-order chi connectivity index (χ1) is 5.74. The van der Waals surface area contributed by atoms with Crippen LogP contribution in [0, 0.1) is 0 Å². The maximum absolute atomic E-state index is 11.0. The average molecular weight is 184 g/mol. The molecule has 0 fully saturated rings. The molecular formula is C9H10ClNO. The van der Waals surface area contributed by atoms with Crippen molar-refractivity contribution in [2.45, 2.75) is 13.3 Å². The van der Waals surface area contributed by atoms with E-state index in [9.17, 15) is 4.79 Å². The average Bonchev–Trinajstić information content (AvgIpc) is 2.09. The molecule has 0 aliphatic heterocycles. The van der Waals surface area contributed by atoms with Crippen molar-refractivity contribution in [2.75, 3.05) is 5.32 Å². The fraction of sp³-hybridized carbons (Fsp3) is 0.222. The maximum Gasteiger partial charge on any atom is 0.224 e. The summed E-state index contributed by atoms with van der Waals surface area (Å²) in [7, 11) is 0. The molecule has 2 nitrogen and oxygen atoms in total. The smallest absolute Gasteiger partial charge is 0.224 e. The molecule has 64 valence electrons. The Morgan fingerprint density at radius 1 is 1.50 bits per heavy atom. The molecule has 0 bridgehead atoms. The fourth-order valence-corrected chi connectivity index (χ4v) is 0.984. The van der Waals surface area contributed by atoms with Crippen molar-refractivity contribution in [3.63, 3.8) is 0 Å². The summed E-state index contributed by atoms with van der Waals surface area (Å²) in [5, 5.41) is 3.26. The Bertz CT molecular complexity index is 286. The zero-order valence-electron chi connectivity index (χ0n) is 6.80. The van der Waals surface area contributed by atoms with Crippen LogP contribution in [0.25, 0.3) is 0 Å². The molecule has 0 aliphatic carbocycles. The summed E-state index contributed by atoms with van der Waals surface area (Å²) in [5.41, 5.74) is 0.672. The Kier molecular flexibility index (Phi) is 3.11. The van der Waals surface area contributed by atoms with E-state index in [4.69, 9.17) is 11.6 Å². The Morgan fingerprint density at radius 2 is 2.17 bits per heavy atom. The number of benzene rings is 1. The van der Waals surface area contributed by atoms with Crippen molar-refractivity contribution in [3.05, 3.63) is 29.3 Å². The zero-order valence-corrected chi connectivity index (χ0v) is 7.56. The summed E-state index contributed by atoms with van der Waals surface area (Å²) in [6.45, 7) is 1.80. The minimum Gasteiger partial charge on any atom is -0.325 e. The van der Waals surface area contributed by atoms with E-state index in [1.54, 1.807) is 19.1 Å². The van der Waals surface area contributed by atoms with E-state index in [1.165, 1.54) is 0 Å². The van der Waals surface area contributed by atoms with Crippen LogP contribution in [0.1, 0.15) is 13.3 Å². The van der Waals surface area contributed by atoms with Crippen LogP contribution in [-0.4, -0.2) is 5.91 Å². The van der Waals surface area contributed by atoms with Crippen LogP contribution < -0.4 is 5.32 Å². The van der Waals surface area contributed by atoms with E-state index in [0.29, 0.717) is 17.1 Å². The van der Waals surface area contributed by atoms with Crippen molar-refractivity contribution >= 4 is 23.2 Å². The second-order valence-corrected chi connectivity index (χ2v) is 2.79. The summed E-state index contributed by atoms with van der Waals surface area (Å²) >= 11 is 5.81. The molecule has 1 aromatic carbocycles. The van der Waals surface area contributed by atoms with Crippen LogP contribution in [-0.2, 0) is 4.79 Å². The highest BCUT2D eigenvalue weighted by atomic mass is 35.5. The number of carbonyl (C=O) groups is 1. The molecular weight excluding hydrogens is 174 g/mol. The lowest BCUT2D eigenvalue weighted by Gasteiger charge is -2.04. The van der Waals surface area contributed by atoms with Gasteiger partial charge in [0.15, 0.2) is 0 Å². The van der Waals surface area contributed by atoms with Crippen LogP contribution in [0.5, 0.6) is 0 Å². The Labute approximate surface area is 76.5 Å². The van der Waals surface area contributed by atoms with Crippen molar-refractivity contribution in [1.29, 1.82) is 0 Å². The van der Waals surface area contributed by atoms with Gasteiger partial charge in [-0.2, -0.15) is 0 Å². The second kappa shape index (κ2) is 4.12. The first-order valence-electron chi connectivity index (χ1n) is 3.78. The second-order valence-electron chi connectivity index (χ2n) is 2.38. The molecule has 0 spiro atoms. The van der Waals surface area contributed by atoms with Crippen molar-refractivity contribution < 1.29 is 4.79 Å². The molecule has 0 saturated heterocycles. The van der Waals surface area contributed by atoms with Gasteiger partial charge in [0, 0.05) is 6.42 Å². The lowest BCUT2D eigenvalue weighted by atomic mass is 10.3. The van der Waals surface area contributed by atoms with Gasteiger partial charge in [-0.25, -0.2) is 0 Å². The van der Waals surface area contributed by atoms with Crippen molar-refractivity contribution in [1.82, 2.24) is 0 Å². The van der Waals surface area contributed by atoms with Gasteiger partial charge in [0.05, 0.1) is 10.7 Å². The van der Waals surface area contributed by atoms with E-state index in [0.717, 1.165) is 0 Å². The van der Waals surface area contributed by atoms with Gasteiger partial charge in [-0.3, -0.25) is 4.79 Å². The van der Waals surface area contributed by atoms with Crippen LogP contribution in [0.2, 0.25) is 5.02 Å². The monoisotopic (exact) mass is 183 g/mol. The van der Waals surface area contributed by atoms with Gasteiger partial charge in [-0.1, -0.05) is 30.7 Å². The van der Waals surface area contributed by atoms with Crippen LogP contribution in [0.3, 0.4) is 0 Å². The van der Waals surface area contributed by atoms with Gasteiger partial charge >= 0.3 is 0 Å². The third-order valence-electron chi connectivity index (χ3n) is 1.47. The topological polar surface area (TPSA) is 29.1 Å². The van der Waals surface area contributed by atoms with Crippen LogP contribution >= 0.6 is 11.6 Å². The number of hydrogen-bond acceptors (Lipinski definition) is 1. The van der Waals surface area contributed by atoms with Crippen LogP contribution in [0.15, 0.2) is 24.3 Å². The van der Waals surface area contributed by atoms with E-state index < -0.39 is 0 Å². The molecule has 0 unspecified atom stereocenters. The molecule has 0 aliphatic rings. The molecule has 0 atom stereocenters. The Balaban J connectivity index is 2.75. The molecule has 3 heteroatoms. The number of halogens is 1. The van der Waals surface area contributed by atoms with Gasteiger partial charge < -0.3 is 5.32 Å². The molecule has 0 saturated carbocycles. The van der Waals surface area contributed by atoms with Crippen molar-refractivity contribution in [3.8, 4) is 0 Å². The number of carbonyl (C=O) groups excluding carboxylic acids is 1. The SMILES string of the molecule is CCC(=O)Nc1ccccc1Cl. The predicted octanol–water partition coefficient (Wildman–Crippen LogP) is 2.69. The van der Waals surface area contributed by atoms with Gasteiger partial charge in [0.25, 0.3) is 0 Å². The fourth-order valence-electron chi connectivity index (χ4n) is 0.801. The van der Waals surface area contributed by atoms with Crippen molar-refractivity contribution in [2.24, 2.45) is 0 Å². The summed E-state index contributed by atoms with van der Waals surface area (Å²) in [6, 6.07) is 7.17. The van der Waals surface area contributed by atoms with Gasteiger partial charge in [-0.15, -0.1) is 0 Å². The minimum absolute atomic E-state index is 0.0249.